The molecule has 136 valence electrons. The Kier molecular flexibility index (Phi) is 6.97. The van der Waals surface area contributed by atoms with Crippen LogP contribution >= 0.6 is 0 Å². The number of allylic oxidation sites excluding steroid dienone is 1. The average Bonchev–Trinajstić information content (AvgIpc) is 2.66. The lowest BCUT2D eigenvalue weighted by Crippen LogP contribution is -2.09. The molecule has 2 rings (SSSR count). The monoisotopic (exact) mass is 354 g/mol. The summed E-state index contributed by atoms with van der Waals surface area (Å²) in [4.78, 5) is 23.9. The van der Waals surface area contributed by atoms with E-state index in [1.807, 2.05) is 48.5 Å². The number of hydrogen-bond acceptors (Lipinski definition) is 5. The van der Waals surface area contributed by atoms with Crippen LogP contribution in [-0.2, 0) is 14.3 Å². The molecule has 0 radical (unpaired) electrons. The Morgan fingerprint density at radius 1 is 0.846 bits per heavy atom. The molecule has 0 aliphatic rings. The summed E-state index contributed by atoms with van der Waals surface area (Å²) in [6, 6.07) is 14.8. The van der Waals surface area contributed by atoms with Crippen LogP contribution in [0.4, 0.5) is 0 Å². The van der Waals surface area contributed by atoms with Gasteiger partial charge in [-0.1, -0.05) is 24.3 Å². The minimum atomic E-state index is -0.530. The predicted octanol–water partition coefficient (Wildman–Crippen LogP) is 3.66. The van der Waals surface area contributed by atoms with E-state index in [1.165, 1.54) is 6.08 Å². The molecule has 0 fully saturated rings. The minimum Gasteiger partial charge on any atom is -0.497 e. The molecule has 5 nitrogen and oxygen atoms in total. The lowest BCUT2D eigenvalue weighted by atomic mass is 9.96. The molecule has 0 spiro atoms. The van der Waals surface area contributed by atoms with Crippen LogP contribution in [0.2, 0.25) is 0 Å². The van der Waals surface area contributed by atoms with Crippen molar-refractivity contribution in [2.75, 3.05) is 20.8 Å². The molecule has 26 heavy (non-hydrogen) atoms. The van der Waals surface area contributed by atoms with Crippen molar-refractivity contribution in [1.29, 1.82) is 0 Å². The molecular formula is C21H22O5. The van der Waals surface area contributed by atoms with Crippen LogP contribution in [0.1, 0.15) is 24.5 Å². The van der Waals surface area contributed by atoms with Crippen LogP contribution in [-0.4, -0.2) is 32.6 Å². The summed E-state index contributed by atoms with van der Waals surface area (Å²) < 4.78 is 15.2. The Hall–Kier alpha value is -3.08. The van der Waals surface area contributed by atoms with Gasteiger partial charge in [-0.25, -0.2) is 0 Å². The number of ketones is 1. The summed E-state index contributed by atoms with van der Waals surface area (Å²) in [5.74, 6) is 0.601. The first-order valence-corrected chi connectivity index (χ1v) is 8.26. The molecular weight excluding hydrogens is 332 g/mol. The lowest BCUT2D eigenvalue weighted by molar-refractivity contribution is -0.144. The summed E-state index contributed by atoms with van der Waals surface area (Å²) in [7, 11) is 3.19. The SMILES string of the molecule is CCOC(=O)CC(=O)C=C(c1ccc(OC)cc1)c1ccc(OC)cc1. The van der Waals surface area contributed by atoms with Crippen molar-refractivity contribution in [1.82, 2.24) is 0 Å². The van der Waals surface area contributed by atoms with Gasteiger partial charge in [-0.05, 0) is 54.0 Å². The standard InChI is InChI=1S/C21H22O5/c1-4-26-21(23)14-17(22)13-20(15-5-9-18(24-2)10-6-15)16-7-11-19(25-3)12-8-16/h5-13H,4,14H2,1-3H3. The van der Waals surface area contributed by atoms with Crippen LogP contribution in [0.3, 0.4) is 0 Å². The van der Waals surface area contributed by atoms with Gasteiger partial charge in [0.05, 0.1) is 20.8 Å². The molecule has 0 atom stereocenters. The fraction of sp³-hybridized carbons (Fsp3) is 0.238. The number of hydrogen-bond donors (Lipinski definition) is 0. The van der Waals surface area contributed by atoms with Crippen molar-refractivity contribution in [2.45, 2.75) is 13.3 Å². The molecule has 0 aliphatic carbocycles. The molecule has 0 heterocycles. The van der Waals surface area contributed by atoms with Crippen LogP contribution in [0.5, 0.6) is 11.5 Å². The average molecular weight is 354 g/mol. The highest BCUT2D eigenvalue weighted by molar-refractivity contribution is 6.07. The molecule has 2 aromatic rings. The molecule has 0 amide bonds. The molecule has 0 aliphatic heterocycles. The summed E-state index contributed by atoms with van der Waals surface area (Å²) in [5, 5.41) is 0. The molecule has 0 N–H and O–H groups in total. The van der Waals surface area contributed by atoms with Gasteiger partial charge in [0.25, 0.3) is 0 Å². The first kappa shape index (κ1) is 19.2. The van der Waals surface area contributed by atoms with E-state index in [1.54, 1.807) is 21.1 Å². The number of carbonyl (C=O) groups is 2. The first-order valence-electron chi connectivity index (χ1n) is 8.26. The van der Waals surface area contributed by atoms with Gasteiger partial charge in [-0.2, -0.15) is 0 Å². The first-order chi connectivity index (χ1) is 12.6. The van der Waals surface area contributed by atoms with Crippen molar-refractivity contribution in [2.24, 2.45) is 0 Å². The smallest absolute Gasteiger partial charge is 0.313 e. The Bertz CT molecular complexity index is 724. The zero-order valence-corrected chi connectivity index (χ0v) is 15.2. The Morgan fingerprint density at radius 2 is 1.31 bits per heavy atom. The number of ether oxygens (including phenoxy) is 3. The summed E-state index contributed by atoms with van der Waals surface area (Å²) >= 11 is 0. The fourth-order valence-electron chi connectivity index (χ4n) is 2.44. The van der Waals surface area contributed by atoms with E-state index in [-0.39, 0.29) is 18.8 Å². The molecule has 2 aromatic carbocycles. The molecule has 0 saturated carbocycles. The van der Waals surface area contributed by atoms with Crippen LogP contribution in [0.15, 0.2) is 54.6 Å². The Labute approximate surface area is 153 Å². The van der Waals surface area contributed by atoms with Gasteiger partial charge >= 0.3 is 5.97 Å². The summed E-state index contributed by atoms with van der Waals surface area (Å²) in [6.45, 7) is 1.96. The number of esters is 1. The maximum Gasteiger partial charge on any atom is 0.313 e. The zero-order valence-electron chi connectivity index (χ0n) is 15.2. The van der Waals surface area contributed by atoms with E-state index < -0.39 is 5.97 Å². The molecule has 0 aromatic heterocycles. The minimum absolute atomic E-state index is 0.250. The van der Waals surface area contributed by atoms with Crippen molar-refractivity contribution >= 4 is 17.3 Å². The second-order valence-corrected chi connectivity index (χ2v) is 5.46. The molecule has 0 saturated heterocycles. The van der Waals surface area contributed by atoms with Crippen molar-refractivity contribution < 1.29 is 23.8 Å². The normalized spacial score (nSPS) is 9.96. The van der Waals surface area contributed by atoms with Gasteiger partial charge in [-0.15, -0.1) is 0 Å². The largest absolute Gasteiger partial charge is 0.497 e. The lowest BCUT2D eigenvalue weighted by Gasteiger charge is -2.10. The number of benzene rings is 2. The van der Waals surface area contributed by atoms with E-state index in [0.29, 0.717) is 5.57 Å². The highest BCUT2D eigenvalue weighted by Gasteiger charge is 2.12. The topological polar surface area (TPSA) is 61.8 Å². The van der Waals surface area contributed by atoms with E-state index in [0.717, 1.165) is 22.6 Å². The van der Waals surface area contributed by atoms with Gasteiger partial charge in [0.15, 0.2) is 5.78 Å². The predicted molar refractivity (Wildman–Crippen MR) is 99.3 cm³/mol. The van der Waals surface area contributed by atoms with Gasteiger partial charge in [0, 0.05) is 0 Å². The van der Waals surface area contributed by atoms with Crippen molar-refractivity contribution in [3.63, 3.8) is 0 Å². The molecule has 0 unspecified atom stereocenters. The second kappa shape index (κ2) is 9.42. The van der Waals surface area contributed by atoms with Crippen LogP contribution < -0.4 is 9.47 Å². The van der Waals surface area contributed by atoms with Gasteiger partial charge in [-0.3, -0.25) is 9.59 Å². The highest BCUT2D eigenvalue weighted by atomic mass is 16.5. The van der Waals surface area contributed by atoms with Gasteiger partial charge in [0.1, 0.15) is 17.9 Å². The molecule has 0 bridgehead atoms. The second-order valence-electron chi connectivity index (χ2n) is 5.46. The van der Waals surface area contributed by atoms with E-state index in [4.69, 9.17) is 14.2 Å². The van der Waals surface area contributed by atoms with Crippen LogP contribution in [0, 0.1) is 0 Å². The summed E-state index contributed by atoms with van der Waals surface area (Å²) in [5.41, 5.74) is 2.39. The third-order valence-electron chi connectivity index (χ3n) is 3.73. The Balaban J connectivity index is 2.37. The maximum absolute atomic E-state index is 12.3. The number of methoxy groups -OCH3 is 2. The van der Waals surface area contributed by atoms with E-state index in [9.17, 15) is 9.59 Å². The zero-order chi connectivity index (χ0) is 18.9. The highest BCUT2D eigenvalue weighted by Crippen LogP contribution is 2.27. The van der Waals surface area contributed by atoms with Crippen molar-refractivity contribution in [3.05, 3.63) is 65.7 Å². The van der Waals surface area contributed by atoms with Crippen molar-refractivity contribution in [3.8, 4) is 11.5 Å². The third kappa shape index (κ3) is 5.21. The van der Waals surface area contributed by atoms with E-state index in [2.05, 4.69) is 0 Å². The third-order valence-corrected chi connectivity index (χ3v) is 3.73. The number of rotatable bonds is 8. The quantitative estimate of drug-likeness (QED) is 0.411. The Morgan fingerprint density at radius 3 is 1.69 bits per heavy atom. The van der Waals surface area contributed by atoms with Crippen LogP contribution in [0.25, 0.3) is 5.57 Å². The maximum atomic E-state index is 12.3. The summed E-state index contributed by atoms with van der Waals surface area (Å²) in [6.07, 6.45) is 1.18. The van der Waals surface area contributed by atoms with Gasteiger partial charge in [0.2, 0.25) is 0 Å². The fourth-order valence-corrected chi connectivity index (χ4v) is 2.44. The van der Waals surface area contributed by atoms with Gasteiger partial charge < -0.3 is 14.2 Å². The molecule has 5 heteroatoms. The van der Waals surface area contributed by atoms with E-state index >= 15 is 0 Å². The number of carbonyl (C=O) groups excluding carboxylic acids is 2.